The van der Waals surface area contributed by atoms with Crippen molar-refractivity contribution in [2.75, 3.05) is 6.54 Å². The van der Waals surface area contributed by atoms with E-state index in [0.29, 0.717) is 12.8 Å². The number of carbonyl (C=O) groups excluding carboxylic acids is 2. The Balaban J connectivity index is 1.98. The van der Waals surface area contributed by atoms with Gasteiger partial charge in [0.25, 0.3) is 0 Å². The van der Waals surface area contributed by atoms with Gasteiger partial charge in [0.15, 0.2) is 0 Å². The Bertz CT molecular complexity index is 621. The number of amides is 2. The highest BCUT2D eigenvalue weighted by molar-refractivity contribution is 6.30. The first-order chi connectivity index (χ1) is 10.7. The molecule has 5 nitrogen and oxygen atoms in total. The van der Waals surface area contributed by atoms with Crippen molar-refractivity contribution in [3.05, 3.63) is 34.6 Å². The number of hydrogen-bond acceptors (Lipinski definition) is 3. The molecule has 1 aliphatic heterocycles. The normalized spacial score (nSPS) is 21.2. The molecule has 2 atom stereocenters. The fourth-order valence-corrected chi connectivity index (χ4v) is 2.77. The summed E-state index contributed by atoms with van der Waals surface area (Å²) >= 11 is 5.74. The highest BCUT2D eigenvalue weighted by atomic mass is 35.5. The summed E-state index contributed by atoms with van der Waals surface area (Å²) < 4.78 is 19.5. The number of carbonyl (C=O) groups is 2. The van der Waals surface area contributed by atoms with E-state index in [2.05, 4.69) is 5.32 Å². The topological polar surface area (TPSA) is 81.4 Å². The minimum atomic E-state index is -1.06. The van der Waals surface area contributed by atoms with Gasteiger partial charge in [0, 0.05) is 17.1 Å². The second-order valence-corrected chi connectivity index (χ2v) is 6.62. The Labute approximate surface area is 139 Å². The number of rotatable bonds is 5. The lowest BCUT2D eigenvalue weighted by Crippen LogP contribution is -2.43. The van der Waals surface area contributed by atoms with Crippen molar-refractivity contribution >= 4 is 23.4 Å². The van der Waals surface area contributed by atoms with E-state index in [0.717, 1.165) is 0 Å². The number of halogens is 2. The quantitative estimate of drug-likeness (QED) is 0.857. The number of nitrogens with two attached hydrogens (primary N) is 1. The predicted molar refractivity (Wildman–Crippen MR) is 84.5 cm³/mol. The number of nitrogens with one attached hydrogen (secondary N) is 1. The summed E-state index contributed by atoms with van der Waals surface area (Å²) in [5.74, 6) is -1.35. The van der Waals surface area contributed by atoms with Crippen LogP contribution in [0.2, 0.25) is 5.02 Å². The summed E-state index contributed by atoms with van der Waals surface area (Å²) in [6.45, 7) is 3.52. The third-order valence-corrected chi connectivity index (χ3v) is 4.32. The molecule has 0 aromatic heterocycles. The van der Waals surface area contributed by atoms with Gasteiger partial charge in [0.2, 0.25) is 11.8 Å². The van der Waals surface area contributed by atoms with Crippen LogP contribution in [-0.2, 0) is 19.7 Å². The molecule has 0 spiro atoms. The molecule has 7 heteroatoms. The van der Waals surface area contributed by atoms with Gasteiger partial charge in [-0.15, -0.1) is 0 Å². The maximum atomic E-state index is 14.0. The third kappa shape index (κ3) is 4.00. The van der Waals surface area contributed by atoms with Crippen LogP contribution in [0.15, 0.2) is 18.2 Å². The maximum absolute atomic E-state index is 14.0. The van der Waals surface area contributed by atoms with Crippen LogP contribution in [0.4, 0.5) is 4.39 Å². The Morgan fingerprint density at radius 2 is 2.13 bits per heavy atom. The van der Waals surface area contributed by atoms with Crippen molar-refractivity contribution in [3.63, 3.8) is 0 Å². The van der Waals surface area contributed by atoms with Crippen LogP contribution >= 0.6 is 11.6 Å². The van der Waals surface area contributed by atoms with E-state index in [1.807, 2.05) is 0 Å². The summed E-state index contributed by atoms with van der Waals surface area (Å²) in [5.41, 5.74) is 4.39. The van der Waals surface area contributed by atoms with E-state index in [1.54, 1.807) is 19.9 Å². The first-order valence-corrected chi connectivity index (χ1v) is 7.78. The molecule has 2 rings (SSSR count). The van der Waals surface area contributed by atoms with Crippen LogP contribution in [0.25, 0.3) is 0 Å². The molecular formula is C16H20ClFN2O3. The monoisotopic (exact) mass is 342 g/mol. The van der Waals surface area contributed by atoms with Crippen molar-refractivity contribution < 1.29 is 18.7 Å². The van der Waals surface area contributed by atoms with Crippen molar-refractivity contribution in [2.45, 2.75) is 44.3 Å². The van der Waals surface area contributed by atoms with Gasteiger partial charge in [-0.1, -0.05) is 17.7 Å². The Morgan fingerprint density at radius 3 is 2.70 bits per heavy atom. The van der Waals surface area contributed by atoms with Crippen LogP contribution in [0.1, 0.15) is 32.3 Å². The molecular weight excluding hydrogens is 323 g/mol. The lowest BCUT2D eigenvalue weighted by atomic mass is 9.83. The van der Waals surface area contributed by atoms with Gasteiger partial charge in [0.05, 0.1) is 11.5 Å². The first-order valence-electron chi connectivity index (χ1n) is 7.40. The maximum Gasteiger partial charge on any atom is 0.246 e. The van der Waals surface area contributed by atoms with E-state index < -0.39 is 23.2 Å². The third-order valence-electron chi connectivity index (χ3n) is 4.09. The molecule has 23 heavy (non-hydrogen) atoms. The molecule has 1 fully saturated rings. The largest absolute Gasteiger partial charge is 0.367 e. The molecule has 1 aliphatic rings. The summed E-state index contributed by atoms with van der Waals surface area (Å²) in [5, 5.41) is 3.03. The lowest BCUT2D eigenvalue weighted by molar-refractivity contribution is -0.129. The minimum Gasteiger partial charge on any atom is -0.367 e. The highest BCUT2D eigenvalue weighted by Gasteiger charge is 2.34. The lowest BCUT2D eigenvalue weighted by Gasteiger charge is -2.25. The number of hydrogen-bond donors (Lipinski definition) is 2. The molecule has 0 aliphatic carbocycles. The molecule has 0 bridgehead atoms. The van der Waals surface area contributed by atoms with Crippen molar-refractivity contribution in [1.29, 1.82) is 0 Å². The van der Waals surface area contributed by atoms with Crippen LogP contribution in [-0.4, -0.2) is 30.6 Å². The molecule has 1 aromatic rings. The van der Waals surface area contributed by atoms with Crippen LogP contribution < -0.4 is 11.1 Å². The van der Waals surface area contributed by atoms with E-state index in [1.165, 1.54) is 12.1 Å². The number of benzene rings is 1. The predicted octanol–water partition coefficient (Wildman–Crippen LogP) is 1.91. The Kier molecular flexibility index (Phi) is 5.26. The smallest absolute Gasteiger partial charge is 0.246 e. The zero-order valence-corrected chi connectivity index (χ0v) is 13.8. The van der Waals surface area contributed by atoms with Gasteiger partial charge < -0.3 is 15.8 Å². The summed E-state index contributed by atoms with van der Waals surface area (Å²) in [7, 11) is 0. The molecule has 0 radical (unpaired) electrons. The van der Waals surface area contributed by atoms with Crippen LogP contribution in [0.3, 0.4) is 0 Å². The van der Waals surface area contributed by atoms with Gasteiger partial charge in [-0.25, -0.2) is 4.39 Å². The van der Waals surface area contributed by atoms with E-state index in [-0.39, 0.29) is 29.1 Å². The van der Waals surface area contributed by atoms with Crippen LogP contribution in [0, 0.1) is 5.82 Å². The Hall–Kier alpha value is -1.66. The minimum absolute atomic E-state index is 0.251. The van der Waals surface area contributed by atoms with E-state index >= 15 is 0 Å². The van der Waals surface area contributed by atoms with Crippen molar-refractivity contribution in [3.8, 4) is 0 Å². The molecule has 2 amide bonds. The van der Waals surface area contributed by atoms with Gasteiger partial charge >= 0.3 is 0 Å². The fraction of sp³-hybridized carbons (Fsp3) is 0.500. The van der Waals surface area contributed by atoms with Crippen molar-refractivity contribution in [1.82, 2.24) is 5.32 Å². The summed E-state index contributed by atoms with van der Waals surface area (Å²) in [6.07, 6.45) is 0.329. The molecule has 1 saturated heterocycles. The summed E-state index contributed by atoms with van der Waals surface area (Å²) in [6, 6.07) is 4.24. The molecule has 126 valence electrons. The number of primary amides is 1. The fourth-order valence-electron chi connectivity index (χ4n) is 2.61. The molecule has 1 aromatic carbocycles. The van der Waals surface area contributed by atoms with Crippen LogP contribution in [0.5, 0.6) is 0 Å². The van der Waals surface area contributed by atoms with Gasteiger partial charge in [0.1, 0.15) is 11.9 Å². The second-order valence-electron chi connectivity index (χ2n) is 6.19. The number of ether oxygens (including phenoxy) is 1. The zero-order chi connectivity index (χ0) is 17.2. The average Bonchev–Trinajstić information content (AvgIpc) is 2.93. The Morgan fingerprint density at radius 1 is 1.43 bits per heavy atom. The van der Waals surface area contributed by atoms with Gasteiger partial charge in [-0.3, -0.25) is 9.59 Å². The van der Waals surface area contributed by atoms with E-state index in [9.17, 15) is 14.0 Å². The second kappa shape index (κ2) is 6.84. The molecule has 0 unspecified atom stereocenters. The van der Waals surface area contributed by atoms with Crippen molar-refractivity contribution in [2.24, 2.45) is 5.73 Å². The standard InChI is InChI=1S/C16H20ClFN2O3/c1-16(2,11-5-3-9(17)7-12(11)18)15(22)20-8-10-4-6-13(23-10)14(19)21/h3,5,7,10,13H,4,6,8H2,1-2H3,(H2,19,21)(H,20,22)/t10-,13-/m1/s1. The van der Waals surface area contributed by atoms with E-state index in [4.69, 9.17) is 22.1 Å². The van der Waals surface area contributed by atoms with Gasteiger partial charge in [-0.2, -0.15) is 0 Å². The molecule has 0 saturated carbocycles. The van der Waals surface area contributed by atoms with Gasteiger partial charge in [-0.05, 0) is 38.8 Å². The first kappa shape index (κ1) is 17.7. The molecule has 3 N–H and O–H groups in total. The molecule has 1 heterocycles. The summed E-state index contributed by atoms with van der Waals surface area (Å²) in [4.78, 5) is 23.5. The highest BCUT2D eigenvalue weighted by Crippen LogP contribution is 2.28. The average molecular weight is 343 g/mol. The zero-order valence-electron chi connectivity index (χ0n) is 13.1. The SMILES string of the molecule is CC(C)(C(=O)NC[C@H]1CC[C@H](C(N)=O)O1)c1ccc(Cl)cc1F.